The Balaban J connectivity index is 1.25. The van der Waals surface area contributed by atoms with Crippen molar-refractivity contribution in [2.75, 3.05) is 30.1 Å². The zero-order chi connectivity index (χ0) is 21.2. The summed E-state index contributed by atoms with van der Waals surface area (Å²) in [6.45, 7) is 1.52. The Morgan fingerprint density at radius 1 is 1.06 bits per heavy atom. The zero-order valence-electron chi connectivity index (χ0n) is 16.8. The number of carbonyl (C=O) groups is 1. The number of carbonyl (C=O) groups excluding carboxylic acids is 1. The SMILES string of the molecule is O=C(Nc1ccc2c(c1)OCO2)C1CCCN(c2ncc(-c3cccc(F)c3)cn2)C1. The van der Waals surface area contributed by atoms with Gasteiger partial charge in [0.15, 0.2) is 11.5 Å². The summed E-state index contributed by atoms with van der Waals surface area (Å²) in [5, 5.41) is 2.97. The third kappa shape index (κ3) is 4.14. The number of hydrogen-bond donors (Lipinski definition) is 1. The van der Waals surface area contributed by atoms with E-state index in [0.717, 1.165) is 30.5 Å². The van der Waals surface area contributed by atoms with E-state index >= 15 is 0 Å². The Hall–Kier alpha value is -3.68. The molecule has 3 heterocycles. The first kappa shape index (κ1) is 19.3. The number of piperidine rings is 1. The molecular formula is C23H21FN4O3. The molecule has 1 unspecified atom stereocenters. The van der Waals surface area contributed by atoms with Crippen LogP contribution in [0.25, 0.3) is 11.1 Å². The maximum absolute atomic E-state index is 13.5. The molecule has 158 valence electrons. The van der Waals surface area contributed by atoms with Crippen molar-refractivity contribution in [1.82, 2.24) is 9.97 Å². The molecule has 2 aliphatic heterocycles. The molecule has 1 amide bonds. The van der Waals surface area contributed by atoms with Crippen molar-refractivity contribution in [2.24, 2.45) is 5.92 Å². The summed E-state index contributed by atoms with van der Waals surface area (Å²) in [7, 11) is 0. The molecule has 8 heteroatoms. The van der Waals surface area contributed by atoms with Crippen LogP contribution in [0.15, 0.2) is 54.9 Å². The number of nitrogens with one attached hydrogen (secondary N) is 1. The lowest BCUT2D eigenvalue weighted by molar-refractivity contribution is -0.120. The summed E-state index contributed by atoms with van der Waals surface area (Å²) < 4.78 is 24.1. The first-order chi connectivity index (χ1) is 15.2. The van der Waals surface area contributed by atoms with Gasteiger partial charge in [0.2, 0.25) is 18.6 Å². The van der Waals surface area contributed by atoms with Crippen LogP contribution in [-0.2, 0) is 4.79 Å². The Kier molecular flexibility index (Phi) is 5.11. The maximum Gasteiger partial charge on any atom is 0.231 e. The molecule has 0 aliphatic carbocycles. The highest BCUT2D eigenvalue weighted by molar-refractivity contribution is 5.93. The monoisotopic (exact) mass is 420 g/mol. The molecule has 1 fully saturated rings. The second-order valence-electron chi connectivity index (χ2n) is 7.62. The number of amides is 1. The highest BCUT2D eigenvalue weighted by Crippen LogP contribution is 2.34. The lowest BCUT2D eigenvalue weighted by Crippen LogP contribution is -2.41. The quantitative estimate of drug-likeness (QED) is 0.691. The summed E-state index contributed by atoms with van der Waals surface area (Å²) in [4.78, 5) is 23.8. The zero-order valence-corrected chi connectivity index (χ0v) is 16.8. The standard InChI is InChI=1S/C23H21FN4O3/c24-18-5-1-3-15(9-18)17-11-25-23(26-12-17)28-8-2-4-16(13-28)22(29)27-19-6-7-20-21(10-19)31-14-30-20/h1,3,5-7,9-12,16H,2,4,8,13-14H2,(H,27,29). The van der Waals surface area contributed by atoms with Crippen LogP contribution in [0.4, 0.5) is 16.0 Å². The number of aromatic nitrogens is 2. The van der Waals surface area contributed by atoms with Crippen LogP contribution >= 0.6 is 0 Å². The number of nitrogens with zero attached hydrogens (tertiary/aromatic N) is 3. The van der Waals surface area contributed by atoms with E-state index in [1.54, 1.807) is 36.7 Å². The van der Waals surface area contributed by atoms with Crippen LogP contribution < -0.4 is 19.7 Å². The molecule has 1 aromatic heterocycles. The van der Waals surface area contributed by atoms with E-state index in [-0.39, 0.29) is 24.4 Å². The summed E-state index contributed by atoms with van der Waals surface area (Å²) in [6.07, 6.45) is 5.04. The van der Waals surface area contributed by atoms with Crippen molar-refractivity contribution in [3.63, 3.8) is 0 Å². The van der Waals surface area contributed by atoms with Gasteiger partial charge in [0.05, 0.1) is 5.92 Å². The predicted molar refractivity (Wildman–Crippen MR) is 114 cm³/mol. The second-order valence-corrected chi connectivity index (χ2v) is 7.62. The molecule has 2 aliphatic rings. The number of benzene rings is 2. The smallest absolute Gasteiger partial charge is 0.231 e. The molecule has 0 saturated carbocycles. The molecule has 1 saturated heterocycles. The highest BCUT2D eigenvalue weighted by atomic mass is 19.1. The van der Waals surface area contributed by atoms with Gasteiger partial charge in [-0.2, -0.15) is 0 Å². The molecule has 0 spiro atoms. The molecule has 3 aromatic rings. The minimum atomic E-state index is -0.297. The lowest BCUT2D eigenvalue weighted by atomic mass is 9.97. The van der Waals surface area contributed by atoms with Crippen molar-refractivity contribution in [1.29, 1.82) is 0 Å². The van der Waals surface area contributed by atoms with Crippen LogP contribution in [0.2, 0.25) is 0 Å². The fourth-order valence-electron chi connectivity index (χ4n) is 3.89. The van der Waals surface area contributed by atoms with Gasteiger partial charge in [0.1, 0.15) is 5.82 Å². The second kappa shape index (κ2) is 8.22. The molecule has 1 N–H and O–H groups in total. The van der Waals surface area contributed by atoms with Gasteiger partial charge in [-0.3, -0.25) is 4.79 Å². The van der Waals surface area contributed by atoms with Crippen LogP contribution in [0.3, 0.4) is 0 Å². The Morgan fingerprint density at radius 3 is 2.74 bits per heavy atom. The molecule has 2 aromatic carbocycles. The molecular weight excluding hydrogens is 399 g/mol. The molecule has 31 heavy (non-hydrogen) atoms. The first-order valence-electron chi connectivity index (χ1n) is 10.2. The largest absolute Gasteiger partial charge is 0.454 e. The minimum absolute atomic E-state index is 0.0417. The molecule has 0 radical (unpaired) electrons. The highest BCUT2D eigenvalue weighted by Gasteiger charge is 2.27. The van der Waals surface area contributed by atoms with Gasteiger partial charge in [-0.25, -0.2) is 14.4 Å². The van der Waals surface area contributed by atoms with E-state index in [9.17, 15) is 9.18 Å². The summed E-state index contributed by atoms with van der Waals surface area (Å²) in [5.74, 6) is 1.37. The van der Waals surface area contributed by atoms with Gasteiger partial charge in [-0.15, -0.1) is 0 Å². The fraction of sp³-hybridized carbons (Fsp3) is 0.261. The maximum atomic E-state index is 13.5. The lowest BCUT2D eigenvalue weighted by Gasteiger charge is -2.32. The van der Waals surface area contributed by atoms with E-state index in [1.165, 1.54) is 12.1 Å². The number of fused-ring (bicyclic) bond motifs is 1. The van der Waals surface area contributed by atoms with E-state index in [0.29, 0.717) is 29.7 Å². The van der Waals surface area contributed by atoms with Crippen LogP contribution in [0.5, 0.6) is 11.5 Å². The summed E-state index contributed by atoms with van der Waals surface area (Å²) in [6, 6.07) is 11.7. The van der Waals surface area contributed by atoms with Gasteiger partial charge in [-0.05, 0) is 42.7 Å². The topological polar surface area (TPSA) is 76.6 Å². The number of hydrogen-bond acceptors (Lipinski definition) is 6. The fourth-order valence-corrected chi connectivity index (χ4v) is 3.89. The Morgan fingerprint density at radius 2 is 1.90 bits per heavy atom. The number of anilines is 2. The number of ether oxygens (including phenoxy) is 2. The average Bonchev–Trinajstić information content (AvgIpc) is 3.27. The number of halogens is 1. The van der Waals surface area contributed by atoms with Gasteiger partial charge in [0.25, 0.3) is 0 Å². The normalized spacial score (nSPS) is 17.5. The average molecular weight is 420 g/mol. The Bertz CT molecular complexity index is 1110. The van der Waals surface area contributed by atoms with Crippen LogP contribution in [0.1, 0.15) is 12.8 Å². The van der Waals surface area contributed by atoms with Gasteiger partial charge >= 0.3 is 0 Å². The van der Waals surface area contributed by atoms with Crippen molar-refractivity contribution >= 4 is 17.5 Å². The predicted octanol–water partition coefficient (Wildman–Crippen LogP) is 3.87. The third-order valence-corrected chi connectivity index (χ3v) is 5.51. The minimum Gasteiger partial charge on any atom is -0.454 e. The van der Waals surface area contributed by atoms with Crippen molar-refractivity contribution in [2.45, 2.75) is 12.8 Å². The van der Waals surface area contributed by atoms with Gasteiger partial charge < -0.3 is 19.7 Å². The summed E-state index contributed by atoms with van der Waals surface area (Å²) in [5.41, 5.74) is 2.16. The Labute approximate surface area is 178 Å². The van der Waals surface area contributed by atoms with Gasteiger partial charge in [0, 0.05) is 42.8 Å². The molecule has 7 nitrogen and oxygen atoms in total. The van der Waals surface area contributed by atoms with E-state index in [1.807, 2.05) is 11.0 Å². The van der Waals surface area contributed by atoms with Crippen molar-refractivity contribution in [3.8, 4) is 22.6 Å². The van der Waals surface area contributed by atoms with Crippen molar-refractivity contribution < 1.29 is 18.7 Å². The summed E-state index contributed by atoms with van der Waals surface area (Å²) >= 11 is 0. The molecule has 0 bridgehead atoms. The van der Waals surface area contributed by atoms with E-state index in [2.05, 4.69) is 15.3 Å². The van der Waals surface area contributed by atoms with E-state index < -0.39 is 0 Å². The van der Waals surface area contributed by atoms with Gasteiger partial charge in [-0.1, -0.05) is 12.1 Å². The van der Waals surface area contributed by atoms with Crippen LogP contribution in [0, 0.1) is 11.7 Å². The first-order valence-corrected chi connectivity index (χ1v) is 10.2. The van der Waals surface area contributed by atoms with Crippen LogP contribution in [-0.4, -0.2) is 35.8 Å². The van der Waals surface area contributed by atoms with Crippen molar-refractivity contribution in [3.05, 3.63) is 60.7 Å². The third-order valence-electron chi connectivity index (χ3n) is 5.51. The van der Waals surface area contributed by atoms with E-state index in [4.69, 9.17) is 9.47 Å². The number of rotatable bonds is 4. The molecule has 1 atom stereocenters. The molecule has 5 rings (SSSR count).